The molecule has 0 fully saturated rings. The monoisotopic (exact) mass is 310 g/mol. The fourth-order valence-electron chi connectivity index (χ4n) is 1.75. The highest BCUT2D eigenvalue weighted by molar-refractivity contribution is 5.99. The molecule has 1 atom stereocenters. The summed E-state index contributed by atoms with van der Waals surface area (Å²) in [5.74, 6) is -1.64. The first-order chi connectivity index (χ1) is 10.3. The molecule has 0 aromatic heterocycles. The number of nitriles is 1. The summed E-state index contributed by atoms with van der Waals surface area (Å²) in [6.45, 7) is 5.26. The molecule has 3 N–H and O–H groups in total. The van der Waals surface area contributed by atoms with E-state index < -0.39 is 17.9 Å². The van der Waals surface area contributed by atoms with Crippen molar-refractivity contribution in [2.24, 2.45) is 5.92 Å². The van der Waals surface area contributed by atoms with Crippen molar-refractivity contribution in [3.63, 3.8) is 0 Å². The van der Waals surface area contributed by atoms with Gasteiger partial charge in [0.05, 0.1) is 0 Å². The van der Waals surface area contributed by atoms with Crippen molar-refractivity contribution in [2.75, 3.05) is 27.2 Å². The lowest BCUT2D eigenvalue weighted by Gasteiger charge is -2.16. The van der Waals surface area contributed by atoms with Crippen LogP contribution in [0.4, 0.5) is 0 Å². The van der Waals surface area contributed by atoms with Gasteiger partial charge in [-0.1, -0.05) is 13.8 Å². The van der Waals surface area contributed by atoms with Gasteiger partial charge in [0.15, 0.2) is 0 Å². The van der Waals surface area contributed by atoms with Crippen LogP contribution in [0.5, 0.6) is 0 Å². The van der Waals surface area contributed by atoms with Gasteiger partial charge < -0.3 is 20.6 Å². The van der Waals surface area contributed by atoms with Gasteiger partial charge in [0.1, 0.15) is 17.7 Å². The Bertz CT molecular complexity index is 439. The van der Waals surface area contributed by atoms with Crippen LogP contribution in [0.1, 0.15) is 26.7 Å². The fourth-order valence-corrected chi connectivity index (χ4v) is 1.75. The topological polar surface area (TPSA) is 105 Å². The second kappa shape index (κ2) is 10.6. The van der Waals surface area contributed by atoms with Crippen LogP contribution in [0.25, 0.3) is 0 Å². The van der Waals surface area contributed by atoms with Gasteiger partial charge in [0, 0.05) is 12.7 Å². The van der Waals surface area contributed by atoms with Crippen LogP contribution in [0.15, 0.2) is 11.8 Å². The predicted molar refractivity (Wildman–Crippen MR) is 83.9 cm³/mol. The molecule has 0 saturated heterocycles. The van der Waals surface area contributed by atoms with Crippen LogP contribution < -0.4 is 10.6 Å². The SMILES string of the molecule is CC(C)CC(NC(=O)/C(C#N)=C\NCCCN(C)C)C(=O)O. The summed E-state index contributed by atoms with van der Waals surface area (Å²) >= 11 is 0. The van der Waals surface area contributed by atoms with Crippen molar-refractivity contribution in [3.05, 3.63) is 11.8 Å². The highest BCUT2D eigenvalue weighted by Crippen LogP contribution is 2.06. The highest BCUT2D eigenvalue weighted by atomic mass is 16.4. The third kappa shape index (κ3) is 8.97. The Kier molecular flexibility index (Phi) is 9.63. The predicted octanol–water partition coefficient (Wildman–Crippen LogP) is 0.551. The summed E-state index contributed by atoms with van der Waals surface area (Å²) in [6.07, 6.45) is 2.52. The first kappa shape index (κ1) is 19.9. The molecule has 7 heteroatoms. The van der Waals surface area contributed by atoms with Crippen molar-refractivity contribution < 1.29 is 14.7 Å². The lowest BCUT2D eigenvalue weighted by atomic mass is 10.0. The number of carbonyl (C=O) groups is 2. The Morgan fingerprint density at radius 2 is 2.00 bits per heavy atom. The van der Waals surface area contributed by atoms with Crippen LogP contribution in [0, 0.1) is 17.2 Å². The number of carboxylic acid groups (broad SMARTS) is 1. The van der Waals surface area contributed by atoms with Crippen molar-refractivity contribution in [1.29, 1.82) is 5.26 Å². The first-order valence-electron chi connectivity index (χ1n) is 7.30. The van der Waals surface area contributed by atoms with E-state index in [1.54, 1.807) is 6.07 Å². The number of nitrogens with one attached hydrogen (secondary N) is 2. The van der Waals surface area contributed by atoms with E-state index in [1.807, 2.05) is 32.8 Å². The molecule has 0 aromatic carbocycles. The Morgan fingerprint density at radius 1 is 1.36 bits per heavy atom. The summed E-state index contributed by atoms with van der Waals surface area (Å²) in [5, 5.41) is 23.4. The van der Waals surface area contributed by atoms with Gasteiger partial charge in [-0.2, -0.15) is 5.26 Å². The smallest absolute Gasteiger partial charge is 0.326 e. The van der Waals surface area contributed by atoms with Crippen LogP contribution in [-0.2, 0) is 9.59 Å². The maximum absolute atomic E-state index is 11.9. The molecule has 0 spiro atoms. The zero-order valence-electron chi connectivity index (χ0n) is 13.7. The fraction of sp³-hybridized carbons (Fsp3) is 0.667. The molecule has 124 valence electrons. The third-order valence-electron chi connectivity index (χ3n) is 2.85. The number of hydrogen-bond donors (Lipinski definition) is 3. The standard InChI is InChI=1S/C15H26N4O3/c1-11(2)8-13(15(21)22)18-14(20)12(9-16)10-17-6-5-7-19(3)4/h10-11,13,17H,5-8H2,1-4H3,(H,18,20)(H,21,22)/b12-10-. The van der Waals surface area contributed by atoms with Gasteiger partial charge in [0.25, 0.3) is 5.91 Å². The maximum atomic E-state index is 11.9. The van der Waals surface area contributed by atoms with Crippen molar-refractivity contribution in [2.45, 2.75) is 32.7 Å². The van der Waals surface area contributed by atoms with E-state index in [2.05, 4.69) is 10.6 Å². The molecule has 0 saturated carbocycles. The Morgan fingerprint density at radius 3 is 2.45 bits per heavy atom. The summed E-state index contributed by atoms with van der Waals surface area (Å²) < 4.78 is 0. The van der Waals surface area contributed by atoms with Gasteiger partial charge in [0.2, 0.25) is 0 Å². The summed E-state index contributed by atoms with van der Waals surface area (Å²) in [7, 11) is 3.93. The molecule has 0 aliphatic carbocycles. The Hall–Kier alpha value is -2.07. The lowest BCUT2D eigenvalue weighted by molar-refractivity contribution is -0.141. The van der Waals surface area contributed by atoms with Gasteiger partial charge >= 0.3 is 5.97 Å². The van der Waals surface area contributed by atoms with Crippen LogP contribution in [0.2, 0.25) is 0 Å². The molecule has 22 heavy (non-hydrogen) atoms. The van der Waals surface area contributed by atoms with E-state index in [4.69, 9.17) is 10.4 Å². The molecule has 1 unspecified atom stereocenters. The van der Waals surface area contributed by atoms with Gasteiger partial charge in [-0.3, -0.25) is 4.79 Å². The van der Waals surface area contributed by atoms with E-state index in [9.17, 15) is 9.59 Å². The molecule has 0 aliphatic rings. The molecule has 0 aliphatic heterocycles. The number of hydrogen-bond acceptors (Lipinski definition) is 5. The van der Waals surface area contributed by atoms with E-state index >= 15 is 0 Å². The molecule has 0 bridgehead atoms. The zero-order chi connectivity index (χ0) is 17.1. The molecule has 0 rings (SSSR count). The highest BCUT2D eigenvalue weighted by Gasteiger charge is 2.22. The van der Waals surface area contributed by atoms with E-state index in [0.717, 1.165) is 13.0 Å². The molecule has 7 nitrogen and oxygen atoms in total. The number of amides is 1. The van der Waals surface area contributed by atoms with Gasteiger partial charge in [-0.25, -0.2) is 4.79 Å². The number of carboxylic acids is 1. The minimum atomic E-state index is -1.10. The normalized spacial score (nSPS) is 12.9. The number of aliphatic carboxylic acids is 1. The first-order valence-corrected chi connectivity index (χ1v) is 7.30. The molecule has 0 heterocycles. The van der Waals surface area contributed by atoms with E-state index in [0.29, 0.717) is 13.0 Å². The second-order valence-electron chi connectivity index (χ2n) is 5.77. The number of rotatable bonds is 10. The van der Waals surface area contributed by atoms with Crippen molar-refractivity contribution in [1.82, 2.24) is 15.5 Å². The molecule has 0 radical (unpaired) electrons. The van der Waals surface area contributed by atoms with Crippen molar-refractivity contribution >= 4 is 11.9 Å². The number of carbonyl (C=O) groups excluding carboxylic acids is 1. The molecule has 0 aromatic rings. The summed E-state index contributed by atoms with van der Waals surface area (Å²) in [5.41, 5.74) is -0.125. The quantitative estimate of drug-likeness (QED) is 0.309. The van der Waals surface area contributed by atoms with Crippen LogP contribution in [0.3, 0.4) is 0 Å². The lowest BCUT2D eigenvalue weighted by Crippen LogP contribution is -2.42. The average molecular weight is 310 g/mol. The largest absolute Gasteiger partial charge is 0.480 e. The second-order valence-corrected chi connectivity index (χ2v) is 5.77. The zero-order valence-corrected chi connectivity index (χ0v) is 13.7. The van der Waals surface area contributed by atoms with Gasteiger partial charge in [-0.15, -0.1) is 0 Å². The minimum absolute atomic E-state index is 0.125. The average Bonchev–Trinajstić information content (AvgIpc) is 2.40. The minimum Gasteiger partial charge on any atom is -0.480 e. The summed E-state index contributed by atoms with van der Waals surface area (Å²) in [4.78, 5) is 25.1. The van der Waals surface area contributed by atoms with E-state index in [1.165, 1.54) is 6.20 Å². The van der Waals surface area contributed by atoms with E-state index in [-0.39, 0.29) is 11.5 Å². The van der Waals surface area contributed by atoms with Crippen LogP contribution >= 0.6 is 0 Å². The summed E-state index contributed by atoms with van der Waals surface area (Å²) in [6, 6.07) is 0.794. The Labute approximate surface area is 132 Å². The van der Waals surface area contributed by atoms with Crippen LogP contribution in [-0.4, -0.2) is 55.1 Å². The van der Waals surface area contributed by atoms with Crippen molar-refractivity contribution in [3.8, 4) is 6.07 Å². The maximum Gasteiger partial charge on any atom is 0.326 e. The third-order valence-corrected chi connectivity index (χ3v) is 2.85. The molecular formula is C15H26N4O3. The molecule has 1 amide bonds. The molecular weight excluding hydrogens is 284 g/mol. The Balaban J connectivity index is 4.50. The number of nitrogens with zero attached hydrogens (tertiary/aromatic N) is 2. The van der Waals surface area contributed by atoms with Gasteiger partial charge in [-0.05, 0) is 39.4 Å².